The first-order valence-electron chi connectivity index (χ1n) is 8.74. The van der Waals surface area contributed by atoms with Crippen molar-refractivity contribution in [1.29, 1.82) is 0 Å². The molecule has 0 saturated heterocycles. The normalized spacial score (nSPS) is 11.2. The Kier molecular flexibility index (Phi) is 7.13. The third-order valence-electron chi connectivity index (χ3n) is 4.31. The average Bonchev–Trinajstić information content (AvgIpc) is 2.68. The van der Waals surface area contributed by atoms with E-state index in [0.29, 0.717) is 18.0 Å². The van der Waals surface area contributed by atoms with Crippen molar-refractivity contribution >= 4 is 6.03 Å². The molecule has 0 aliphatic heterocycles. The summed E-state index contributed by atoms with van der Waals surface area (Å²) in [5.74, 6) is 3.94. The summed E-state index contributed by atoms with van der Waals surface area (Å²) in [6, 6.07) is 13.0. The molecule has 0 fully saturated rings. The molecule has 1 N–H and O–H groups in total. The SMILES string of the molecule is C#CCN(Cc1ccc(C)cc1)C(=O)NC(C)c1cc(OC)ccc1OC. The lowest BCUT2D eigenvalue weighted by atomic mass is 10.1. The lowest BCUT2D eigenvalue weighted by Gasteiger charge is -2.25. The predicted octanol–water partition coefficient (Wildman–Crippen LogP) is 3.92. The minimum Gasteiger partial charge on any atom is -0.497 e. The van der Waals surface area contributed by atoms with E-state index in [1.807, 2.05) is 56.3 Å². The van der Waals surface area contributed by atoms with E-state index >= 15 is 0 Å². The fourth-order valence-corrected chi connectivity index (χ4v) is 2.76. The molecule has 0 radical (unpaired) electrons. The van der Waals surface area contributed by atoms with Gasteiger partial charge < -0.3 is 19.7 Å². The lowest BCUT2D eigenvalue weighted by molar-refractivity contribution is 0.198. The molecule has 0 heterocycles. The minimum absolute atomic E-state index is 0.224. The smallest absolute Gasteiger partial charge is 0.318 e. The number of nitrogens with one attached hydrogen (secondary N) is 1. The first kappa shape index (κ1) is 20.2. The molecule has 0 aliphatic carbocycles. The molecule has 2 rings (SSSR count). The van der Waals surface area contributed by atoms with Crippen molar-refractivity contribution in [2.24, 2.45) is 0 Å². The van der Waals surface area contributed by atoms with Gasteiger partial charge in [0.1, 0.15) is 11.5 Å². The van der Waals surface area contributed by atoms with Gasteiger partial charge in [0.25, 0.3) is 0 Å². The summed E-state index contributed by atoms with van der Waals surface area (Å²) in [7, 11) is 3.20. The largest absolute Gasteiger partial charge is 0.497 e. The van der Waals surface area contributed by atoms with Crippen LogP contribution in [0.3, 0.4) is 0 Å². The van der Waals surface area contributed by atoms with Crippen LogP contribution < -0.4 is 14.8 Å². The molecule has 142 valence electrons. The summed E-state index contributed by atoms with van der Waals surface area (Å²) in [6.45, 7) is 4.59. The number of benzene rings is 2. The van der Waals surface area contributed by atoms with E-state index in [4.69, 9.17) is 15.9 Å². The van der Waals surface area contributed by atoms with Crippen molar-refractivity contribution in [1.82, 2.24) is 10.2 Å². The number of carbonyl (C=O) groups is 1. The average molecular weight is 366 g/mol. The maximum absolute atomic E-state index is 12.8. The molecular weight excluding hydrogens is 340 g/mol. The van der Waals surface area contributed by atoms with Gasteiger partial charge >= 0.3 is 6.03 Å². The van der Waals surface area contributed by atoms with Gasteiger partial charge in [0.05, 0.1) is 26.8 Å². The monoisotopic (exact) mass is 366 g/mol. The Hall–Kier alpha value is -3.13. The van der Waals surface area contributed by atoms with Crippen molar-refractivity contribution < 1.29 is 14.3 Å². The van der Waals surface area contributed by atoms with Gasteiger partial charge in [-0.3, -0.25) is 0 Å². The third-order valence-corrected chi connectivity index (χ3v) is 4.31. The molecule has 5 heteroatoms. The summed E-state index contributed by atoms with van der Waals surface area (Å²) in [5.41, 5.74) is 3.03. The topological polar surface area (TPSA) is 50.8 Å². The number of aryl methyl sites for hydroxylation is 1. The predicted molar refractivity (Wildman–Crippen MR) is 107 cm³/mol. The summed E-state index contributed by atoms with van der Waals surface area (Å²) in [5, 5.41) is 2.99. The number of methoxy groups -OCH3 is 2. The van der Waals surface area contributed by atoms with Crippen LogP contribution in [0.2, 0.25) is 0 Å². The molecule has 1 unspecified atom stereocenters. The first-order chi connectivity index (χ1) is 13.0. The summed E-state index contributed by atoms with van der Waals surface area (Å²) < 4.78 is 10.7. The number of rotatable bonds is 7. The molecule has 0 saturated carbocycles. The van der Waals surface area contributed by atoms with Crippen molar-refractivity contribution in [2.45, 2.75) is 26.4 Å². The van der Waals surface area contributed by atoms with E-state index < -0.39 is 0 Å². The Labute approximate surface area is 161 Å². The van der Waals surface area contributed by atoms with Gasteiger partial charge in [-0.05, 0) is 37.6 Å². The highest BCUT2D eigenvalue weighted by Crippen LogP contribution is 2.29. The van der Waals surface area contributed by atoms with Crippen LogP contribution in [0.25, 0.3) is 0 Å². The third kappa shape index (κ3) is 5.42. The standard InChI is InChI=1S/C22H26N2O3/c1-6-13-24(15-18-9-7-16(2)8-10-18)22(25)23-17(3)20-14-19(26-4)11-12-21(20)27-5/h1,7-12,14,17H,13,15H2,2-5H3,(H,23,25). The van der Waals surface area contributed by atoms with Gasteiger partial charge in [-0.1, -0.05) is 35.7 Å². The van der Waals surface area contributed by atoms with Crippen LogP contribution >= 0.6 is 0 Å². The van der Waals surface area contributed by atoms with Crippen molar-refractivity contribution in [3.63, 3.8) is 0 Å². The maximum Gasteiger partial charge on any atom is 0.318 e. The Morgan fingerprint density at radius 2 is 1.89 bits per heavy atom. The van der Waals surface area contributed by atoms with E-state index in [1.165, 1.54) is 5.56 Å². The van der Waals surface area contributed by atoms with Crippen molar-refractivity contribution in [3.8, 4) is 23.8 Å². The molecule has 0 bridgehead atoms. The van der Waals surface area contributed by atoms with Crippen LogP contribution in [0.5, 0.6) is 11.5 Å². The number of carbonyl (C=O) groups excluding carboxylic acids is 1. The fraction of sp³-hybridized carbons (Fsp3) is 0.318. The molecule has 2 aromatic rings. The van der Waals surface area contributed by atoms with E-state index in [2.05, 4.69) is 11.2 Å². The van der Waals surface area contributed by atoms with E-state index in [9.17, 15) is 4.79 Å². The van der Waals surface area contributed by atoms with E-state index in [0.717, 1.165) is 11.1 Å². The second kappa shape index (κ2) is 9.54. The lowest BCUT2D eigenvalue weighted by Crippen LogP contribution is -2.41. The fourth-order valence-electron chi connectivity index (χ4n) is 2.76. The zero-order valence-electron chi connectivity index (χ0n) is 16.3. The van der Waals surface area contributed by atoms with E-state index in [1.54, 1.807) is 19.1 Å². The molecule has 5 nitrogen and oxygen atoms in total. The number of nitrogens with zero attached hydrogens (tertiary/aromatic N) is 1. The number of amides is 2. The van der Waals surface area contributed by atoms with Crippen LogP contribution in [0, 0.1) is 19.3 Å². The Balaban J connectivity index is 2.14. The van der Waals surface area contributed by atoms with Crippen LogP contribution in [-0.4, -0.2) is 31.7 Å². The van der Waals surface area contributed by atoms with Gasteiger partial charge in [0.2, 0.25) is 0 Å². The van der Waals surface area contributed by atoms with Crippen LogP contribution in [0.4, 0.5) is 4.79 Å². The van der Waals surface area contributed by atoms with E-state index in [-0.39, 0.29) is 18.6 Å². The number of hydrogen-bond acceptors (Lipinski definition) is 3. The number of ether oxygens (including phenoxy) is 2. The number of terminal acetylenes is 1. The Bertz CT molecular complexity index is 809. The van der Waals surface area contributed by atoms with Crippen LogP contribution in [0.1, 0.15) is 29.7 Å². The van der Waals surface area contributed by atoms with Gasteiger partial charge in [-0.2, -0.15) is 0 Å². The summed E-state index contributed by atoms with van der Waals surface area (Å²) >= 11 is 0. The quantitative estimate of drug-likeness (QED) is 0.756. The first-order valence-corrected chi connectivity index (χ1v) is 8.74. The highest BCUT2D eigenvalue weighted by molar-refractivity contribution is 5.75. The molecule has 2 aromatic carbocycles. The molecular formula is C22H26N2O3. The second-order valence-electron chi connectivity index (χ2n) is 6.32. The van der Waals surface area contributed by atoms with Gasteiger partial charge in [-0.15, -0.1) is 6.42 Å². The molecule has 27 heavy (non-hydrogen) atoms. The Morgan fingerprint density at radius 3 is 2.48 bits per heavy atom. The number of urea groups is 1. The Morgan fingerprint density at radius 1 is 1.19 bits per heavy atom. The van der Waals surface area contributed by atoms with Crippen molar-refractivity contribution in [2.75, 3.05) is 20.8 Å². The molecule has 0 aromatic heterocycles. The van der Waals surface area contributed by atoms with Gasteiger partial charge in [0, 0.05) is 12.1 Å². The number of hydrogen-bond donors (Lipinski definition) is 1. The molecule has 0 spiro atoms. The van der Waals surface area contributed by atoms with Crippen molar-refractivity contribution in [3.05, 3.63) is 59.2 Å². The van der Waals surface area contributed by atoms with Gasteiger partial charge in [0.15, 0.2) is 0 Å². The molecule has 1 atom stereocenters. The second-order valence-corrected chi connectivity index (χ2v) is 6.32. The van der Waals surface area contributed by atoms with Gasteiger partial charge in [-0.25, -0.2) is 4.79 Å². The van der Waals surface area contributed by atoms with Crippen LogP contribution in [-0.2, 0) is 6.54 Å². The van der Waals surface area contributed by atoms with Crippen LogP contribution in [0.15, 0.2) is 42.5 Å². The zero-order chi connectivity index (χ0) is 19.8. The maximum atomic E-state index is 12.8. The highest BCUT2D eigenvalue weighted by Gasteiger charge is 2.19. The summed E-state index contributed by atoms with van der Waals surface area (Å²) in [6.07, 6.45) is 5.46. The zero-order valence-corrected chi connectivity index (χ0v) is 16.3. The highest BCUT2D eigenvalue weighted by atomic mass is 16.5. The minimum atomic E-state index is -0.277. The molecule has 0 aliphatic rings. The molecule has 2 amide bonds. The summed E-state index contributed by atoms with van der Waals surface area (Å²) in [4.78, 5) is 14.4.